The molecule has 12 nitrogen and oxygen atoms in total. The van der Waals surface area contributed by atoms with E-state index in [2.05, 4.69) is 20.3 Å². The number of halogens is 1. The maximum Gasteiger partial charge on any atom is 0.280 e. The van der Waals surface area contributed by atoms with Crippen LogP contribution < -0.4 is 20.3 Å². The third kappa shape index (κ3) is 6.16. The van der Waals surface area contributed by atoms with Crippen LogP contribution in [0.2, 0.25) is 0 Å². The highest BCUT2D eigenvalue weighted by Crippen LogP contribution is 2.45. The number of nitrogens with one attached hydrogen (secondary N) is 2. The molecule has 1 fully saturated rings. The standard InChI is InChI=1S/C36H38FN5O7/c1-21(2)31(44)40-34-39-30-28(32(45)41-34)38-20-42(30)33-35(3,37)29(43)27(49-33)19-48-36(22-9-7-6-8-10-22,23-11-15-25(46-4)16-12-23)24-13-17-26(47-5)18-14-24/h6-18,20-21,27,29,33,43H,19H2,1-5H3,(H2,39,40,41,44,45). The molecule has 1 aliphatic rings. The summed E-state index contributed by atoms with van der Waals surface area (Å²) in [5, 5.41) is 14.0. The lowest BCUT2D eigenvalue weighted by Crippen LogP contribution is -2.42. The maximum absolute atomic E-state index is 16.6. The zero-order chi connectivity index (χ0) is 34.9. The largest absolute Gasteiger partial charge is 0.497 e. The molecule has 256 valence electrons. The summed E-state index contributed by atoms with van der Waals surface area (Å²) in [5.74, 6) is 0.428. The number of aliphatic hydroxyl groups is 1. The van der Waals surface area contributed by atoms with E-state index < -0.39 is 35.3 Å². The van der Waals surface area contributed by atoms with Crippen molar-refractivity contribution in [3.8, 4) is 11.5 Å². The molecule has 3 N–H and O–H groups in total. The molecule has 0 bridgehead atoms. The van der Waals surface area contributed by atoms with Crippen LogP contribution in [0.15, 0.2) is 90.0 Å². The minimum absolute atomic E-state index is 0.0273. The van der Waals surface area contributed by atoms with Gasteiger partial charge < -0.3 is 24.1 Å². The Kier molecular flexibility index (Phi) is 9.25. The summed E-state index contributed by atoms with van der Waals surface area (Å²) >= 11 is 0. The molecule has 1 amide bonds. The summed E-state index contributed by atoms with van der Waals surface area (Å²) < 4.78 is 41.7. The van der Waals surface area contributed by atoms with Crippen LogP contribution in [0.3, 0.4) is 0 Å². The number of aromatic nitrogens is 4. The molecule has 4 unspecified atom stereocenters. The highest BCUT2D eigenvalue weighted by molar-refractivity contribution is 5.91. The van der Waals surface area contributed by atoms with Crippen molar-refractivity contribution in [2.75, 3.05) is 26.1 Å². The first kappa shape index (κ1) is 33.8. The fraction of sp³-hybridized carbons (Fsp3) is 0.333. The van der Waals surface area contributed by atoms with Crippen LogP contribution in [0, 0.1) is 5.92 Å². The number of ether oxygens (including phenoxy) is 4. The second kappa shape index (κ2) is 13.4. The Morgan fingerprint density at radius 1 is 1.02 bits per heavy atom. The number of imidazole rings is 1. The minimum atomic E-state index is -2.37. The van der Waals surface area contributed by atoms with E-state index in [1.165, 1.54) is 17.8 Å². The Morgan fingerprint density at radius 3 is 2.14 bits per heavy atom. The van der Waals surface area contributed by atoms with Crippen molar-refractivity contribution in [1.29, 1.82) is 0 Å². The van der Waals surface area contributed by atoms with Crippen molar-refractivity contribution in [1.82, 2.24) is 19.5 Å². The number of fused-ring (bicyclic) bond motifs is 1. The molecule has 0 radical (unpaired) electrons. The maximum atomic E-state index is 16.6. The highest BCUT2D eigenvalue weighted by Gasteiger charge is 2.56. The number of hydrogen-bond acceptors (Lipinski definition) is 9. The molecule has 0 saturated carbocycles. The first-order valence-electron chi connectivity index (χ1n) is 15.8. The summed E-state index contributed by atoms with van der Waals surface area (Å²) in [6.07, 6.45) is -3.05. The van der Waals surface area contributed by atoms with E-state index in [9.17, 15) is 14.7 Å². The van der Waals surface area contributed by atoms with Gasteiger partial charge in [-0.3, -0.25) is 24.5 Å². The first-order chi connectivity index (χ1) is 23.5. The van der Waals surface area contributed by atoms with Gasteiger partial charge in [0.15, 0.2) is 23.1 Å². The number of nitrogens with zero attached hydrogens (tertiary/aromatic N) is 3. The minimum Gasteiger partial charge on any atom is -0.497 e. The molecule has 3 aromatic carbocycles. The summed E-state index contributed by atoms with van der Waals surface area (Å²) in [7, 11) is 3.17. The molecule has 2 aromatic heterocycles. The second-order valence-corrected chi connectivity index (χ2v) is 12.3. The van der Waals surface area contributed by atoms with Gasteiger partial charge in [-0.1, -0.05) is 68.4 Å². The Hall–Kier alpha value is -5.11. The number of anilines is 1. The van der Waals surface area contributed by atoms with Crippen molar-refractivity contribution >= 4 is 23.0 Å². The topological polar surface area (TPSA) is 150 Å². The lowest BCUT2D eigenvalue weighted by molar-refractivity contribution is -0.118. The molecule has 3 heterocycles. The summed E-state index contributed by atoms with van der Waals surface area (Å²) in [4.78, 5) is 36.1. The fourth-order valence-corrected chi connectivity index (χ4v) is 6.05. The number of carbonyl (C=O) groups excluding carboxylic acids is 1. The highest BCUT2D eigenvalue weighted by atomic mass is 19.1. The second-order valence-electron chi connectivity index (χ2n) is 12.3. The van der Waals surface area contributed by atoms with Crippen LogP contribution in [0.25, 0.3) is 11.2 Å². The van der Waals surface area contributed by atoms with Gasteiger partial charge >= 0.3 is 0 Å². The van der Waals surface area contributed by atoms with Gasteiger partial charge in [0.05, 0.1) is 27.2 Å². The average molecular weight is 672 g/mol. The van der Waals surface area contributed by atoms with Crippen molar-refractivity contribution in [2.24, 2.45) is 5.92 Å². The van der Waals surface area contributed by atoms with Gasteiger partial charge in [0, 0.05) is 5.92 Å². The Morgan fingerprint density at radius 2 is 1.59 bits per heavy atom. The van der Waals surface area contributed by atoms with E-state index >= 15 is 4.39 Å². The number of aliphatic hydroxyl groups excluding tert-OH is 1. The van der Waals surface area contributed by atoms with Crippen molar-refractivity contribution in [2.45, 2.75) is 50.5 Å². The number of aromatic amines is 1. The van der Waals surface area contributed by atoms with E-state index in [1.54, 1.807) is 28.1 Å². The van der Waals surface area contributed by atoms with E-state index in [0.717, 1.165) is 16.7 Å². The summed E-state index contributed by atoms with van der Waals surface area (Å²) in [5.41, 5.74) is -2.09. The normalized spacial score (nSPS) is 20.9. The molecule has 4 atom stereocenters. The average Bonchev–Trinajstić information content (AvgIpc) is 3.63. The summed E-state index contributed by atoms with van der Waals surface area (Å²) in [6, 6.07) is 24.4. The third-order valence-corrected chi connectivity index (χ3v) is 8.81. The number of methoxy groups -OCH3 is 2. The van der Waals surface area contributed by atoms with Crippen LogP contribution in [0.1, 0.15) is 43.7 Å². The number of carbonyl (C=O) groups is 1. The molecular formula is C36H38FN5O7. The Labute approximate surface area is 281 Å². The van der Waals surface area contributed by atoms with Crippen molar-refractivity contribution in [3.05, 3.63) is 112 Å². The zero-order valence-corrected chi connectivity index (χ0v) is 27.7. The van der Waals surface area contributed by atoms with Crippen LogP contribution in [0.4, 0.5) is 10.3 Å². The number of amides is 1. The van der Waals surface area contributed by atoms with Gasteiger partial charge in [0.1, 0.15) is 29.3 Å². The van der Waals surface area contributed by atoms with Crippen molar-refractivity contribution in [3.63, 3.8) is 0 Å². The SMILES string of the molecule is COc1ccc(C(OCC2OC(n3cnc4c(=O)[nH]c(NC(=O)C(C)C)nc43)C(C)(F)C2O)(c2ccccc2)c2ccc(OC)cc2)cc1. The molecule has 5 aromatic rings. The van der Waals surface area contributed by atoms with E-state index in [0.29, 0.717) is 11.5 Å². The van der Waals surface area contributed by atoms with E-state index in [-0.39, 0.29) is 35.5 Å². The molecule has 0 spiro atoms. The monoisotopic (exact) mass is 671 g/mol. The number of benzene rings is 3. The Balaban J connectivity index is 1.39. The molecule has 0 aliphatic carbocycles. The van der Waals surface area contributed by atoms with Crippen molar-refractivity contribution < 1.29 is 33.2 Å². The first-order valence-corrected chi connectivity index (χ1v) is 15.8. The molecular weight excluding hydrogens is 633 g/mol. The van der Waals surface area contributed by atoms with Gasteiger partial charge in [-0.15, -0.1) is 0 Å². The van der Waals surface area contributed by atoms with Crippen LogP contribution in [0.5, 0.6) is 11.5 Å². The van der Waals surface area contributed by atoms with Gasteiger partial charge in [0.25, 0.3) is 5.56 Å². The van der Waals surface area contributed by atoms with Gasteiger partial charge in [0.2, 0.25) is 11.9 Å². The van der Waals surface area contributed by atoms with Crippen LogP contribution in [-0.4, -0.2) is 69.2 Å². The van der Waals surface area contributed by atoms with Crippen LogP contribution in [-0.2, 0) is 19.9 Å². The molecule has 13 heteroatoms. The quantitative estimate of drug-likeness (QED) is 0.170. The molecule has 1 saturated heterocycles. The summed E-state index contributed by atoms with van der Waals surface area (Å²) in [6.45, 7) is 4.34. The Bertz CT molecular complexity index is 1930. The number of rotatable bonds is 11. The molecule has 1 aliphatic heterocycles. The number of alkyl halides is 1. The lowest BCUT2D eigenvalue weighted by atomic mass is 9.80. The fourth-order valence-electron chi connectivity index (χ4n) is 6.05. The third-order valence-electron chi connectivity index (χ3n) is 8.81. The van der Waals surface area contributed by atoms with Gasteiger partial charge in [-0.05, 0) is 47.9 Å². The van der Waals surface area contributed by atoms with Gasteiger partial charge in [-0.25, -0.2) is 9.37 Å². The number of hydrogen-bond donors (Lipinski definition) is 3. The van der Waals surface area contributed by atoms with E-state index in [1.807, 2.05) is 78.9 Å². The number of H-pyrrole nitrogens is 1. The zero-order valence-electron chi connectivity index (χ0n) is 27.7. The van der Waals surface area contributed by atoms with Gasteiger partial charge in [-0.2, -0.15) is 4.98 Å². The molecule has 6 rings (SSSR count). The predicted molar refractivity (Wildman–Crippen MR) is 179 cm³/mol. The smallest absolute Gasteiger partial charge is 0.280 e. The van der Waals surface area contributed by atoms with Crippen LogP contribution >= 0.6 is 0 Å². The molecule has 49 heavy (non-hydrogen) atoms. The van der Waals surface area contributed by atoms with E-state index in [4.69, 9.17) is 18.9 Å². The predicted octanol–water partition coefficient (Wildman–Crippen LogP) is 4.73. The lowest BCUT2D eigenvalue weighted by Gasteiger charge is -2.37.